The third kappa shape index (κ3) is 3.64. The van der Waals surface area contributed by atoms with Crippen molar-refractivity contribution in [1.82, 2.24) is 9.97 Å². The van der Waals surface area contributed by atoms with E-state index in [-0.39, 0.29) is 0 Å². The minimum absolute atomic E-state index is 0.508. The van der Waals surface area contributed by atoms with E-state index >= 15 is 0 Å². The van der Waals surface area contributed by atoms with E-state index in [1.165, 1.54) is 22.7 Å². The molecule has 4 aromatic rings. The summed E-state index contributed by atoms with van der Waals surface area (Å²) < 4.78 is 1.81. The van der Waals surface area contributed by atoms with Crippen LogP contribution < -0.4 is 11.5 Å². The molecule has 0 saturated heterocycles. The second-order valence-corrected chi connectivity index (χ2v) is 8.24. The molecule has 0 atom stereocenters. The zero-order chi connectivity index (χ0) is 17.4. The van der Waals surface area contributed by atoms with Gasteiger partial charge in [-0.2, -0.15) is 0 Å². The van der Waals surface area contributed by atoms with Crippen LogP contribution in [0.25, 0.3) is 20.4 Å². The van der Waals surface area contributed by atoms with Crippen molar-refractivity contribution >= 4 is 99.8 Å². The van der Waals surface area contributed by atoms with Crippen LogP contribution in [0.4, 0.5) is 10.3 Å². The van der Waals surface area contributed by atoms with E-state index in [2.05, 4.69) is 9.97 Å². The van der Waals surface area contributed by atoms with Crippen molar-refractivity contribution in [3.05, 3.63) is 44.4 Å². The van der Waals surface area contributed by atoms with Crippen LogP contribution in [0, 0.1) is 0 Å². The Morgan fingerprint density at radius 3 is 2.12 bits per heavy atom. The Labute approximate surface area is 164 Å². The molecule has 24 heavy (non-hydrogen) atoms. The summed E-state index contributed by atoms with van der Waals surface area (Å²) in [5.74, 6) is 0. The molecule has 2 aromatic carbocycles. The van der Waals surface area contributed by atoms with Gasteiger partial charge in [-0.25, -0.2) is 9.97 Å². The van der Waals surface area contributed by atoms with Gasteiger partial charge in [-0.3, -0.25) is 0 Å². The summed E-state index contributed by atoms with van der Waals surface area (Å²) in [6.07, 6.45) is 0. The number of nitrogen functional groups attached to an aromatic ring is 2. The Balaban J connectivity index is 0.000000141. The molecule has 4 N–H and O–H groups in total. The summed E-state index contributed by atoms with van der Waals surface area (Å²) in [6, 6.07) is 7.00. The van der Waals surface area contributed by atoms with E-state index in [0.717, 1.165) is 20.4 Å². The lowest BCUT2D eigenvalue weighted by molar-refractivity contribution is 1.50. The van der Waals surface area contributed by atoms with Crippen LogP contribution in [-0.2, 0) is 0 Å². The standard InChI is InChI=1S/2C7H4Cl2N2S/c8-3-1-5-6(2-4(3)9)12-7(10)11-5;8-3-1-2-4-6(5(3)9)12-7(10)11-4/h2*1-2H,(H2,10,11). The van der Waals surface area contributed by atoms with Crippen LogP contribution in [0.3, 0.4) is 0 Å². The maximum atomic E-state index is 5.92. The van der Waals surface area contributed by atoms with Gasteiger partial charge in [0.05, 0.1) is 40.5 Å². The van der Waals surface area contributed by atoms with Gasteiger partial charge in [0.25, 0.3) is 0 Å². The molecule has 0 amide bonds. The van der Waals surface area contributed by atoms with Gasteiger partial charge < -0.3 is 11.5 Å². The van der Waals surface area contributed by atoms with Crippen LogP contribution in [0.15, 0.2) is 24.3 Å². The van der Waals surface area contributed by atoms with Crippen molar-refractivity contribution in [2.45, 2.75) is 0 Å². The summed E-state index contributed by atoms with van der Waals surface area (Å²) in [5.41, 5.74) is 12.6. The minimum atomic E-state index is 0.508. The molecule has 0 bridgehead atoms. The molecule has 0 unspecified atom stereocenters. The Bertz CT molecular complexity index is 1000. The molecule has 4 rings (SSSR count). The largest absolute Gasteiger partial charge is 0.375 e. The van der Waals surface area contributed by atoms with Crippen molar-refractivity contribution in [1.29, 1.82) is 0 Å². The van der Waals surface area contributed by atoms with Crippen LogP contribution in [-0.4, -0.2) is 9.97 Å². The molecule has 0 spiro atoms. The topological polar surface area (TPSA) is 77.8 Å². The van der Waals surface area contributed by atoms with E-state index in [4.69, 9.17) is 57.9 Å². The number of hydrogen-bond donors (Lipinski definition) is 2. The number of aromatic nitrogens is 2. The highest BCUT2D eigenvalue weighted by molar-refractivity contribution is 7.22. The maximum Gasteiger partial charge on any atom is 0.181 e. The molecule has 10 heteroatoms. The Hall–Kier alpha value is -1.02. The van der Waals surface area contributed by atoms with Crippen molar-refractivity contribution in [3.8, 4) is 0 Å². The van der Waals surface area contributed by atoms with Crippen molar-refractivity contribution < 1.29 is 0 Å². The predicted molar refractivity (Wildman–Crippen MR) is 108 cm³/mol. The number of halogens is 4. The first-order valence-electron chi connectivity index (χ1n) is 6.36. The van der Waals surface area contributed by atoms with Gasteiger partial charge in [0.2, 0.25) is 0 Å². The fourth-order valence-corrected chi connectivity index (χ4v) is 4.30. The number of hydrogen-bond acceptors (Lipinski definition) is 6. The molecule has 0 aliphatic rings. The zero-order valence-corrected chi connectivity index (χ0v) is 16.3. The molecule has 2 aromatic heterocycles. The monoisotopic (exact) mass is 436 g/mol. The number of nitrogens with two attached hydrogens (primary N) is 2. The summed E-state index contributed by atoms with van der Waals surface area (Å²) in [7, 11) is 0. The molecular weight excluding hydrogens is 430 g/mol. The highest BCUT2D eigenvalue weighted by Crippen LogP contribution is 2.35. The lowest BCUT2D eigenvalue weighted by Gasteiger charge is -1.93. The van der Waals surface area contributed by atoms with E-state index < -0.39 is 0 Å². The average Bonchev–Trinajstić information content (AvgIpc) is 3.06. The molecule has 2 heterocycles. The van der Waals surface area contributed by atoms with Crippen LogP contribution in [0.5, 0.6) is 0 Å². The maximum absolute atomic E-state index is 5.92. The average molecular weight is 438 g/mol. The lowest BCUT2D eigenvalue weighted by atomic mass is 10.3. The molecule has 124 valence electrons. The number of rotatable bonds is 0. The van der Waals surface area contributed by atoms with Gasteiger partial charge in [0, 0.05) is 0 Å². The summed E-state index contributed by atoms with van der Waals surface area (Å²) in [6.45, 7) is 0. The smallest absolute Gasteiger partial charge is 0.181 e. The van der Waals surface area contributed by atoms with Gasteiger partial charge in [0.1, 0.15) is 0 Å². The zero-order valence-electron chi connectivity index (χ0n) is 11.7. The molecular formula is C14H8Cl4N4S2. The van der Waals surface area contributed by atoms with Gasteiger partial charge in [-0.15, -0.1) is 0 Å². The summed E-state index contributed by atoms with van der Waals surface area (Å²) in [5, 5.41) is 3.15. The third-order valence-corrected chi connectivity index (χ3v) is 6.32. The molecule has 4 nitrogen and oxygen atoms in total. The van der Waals surface area contributed by atoms with Crippen LogP contribution >= 0.6 is 69.1 Å². The second kappa shape index (κ2) is 7.07. The van der Waals surface area contributed by atoms with E-state index in [1.807, 2.05) is 0 Å². The highest BCUT2D eigenvalue weighted by atomic mass is 35.5. The number of fused-ring (bicyclic) bond motifs is 2. The van der Waals surface area contributed by atoms with E-state index in [1.54, 1.807) is 24.3 Å². The van der Waals surface area contributed by atoms with Gasteiger partial charge in [-0.1, -0.05) is 69.1 Å². The summed E-state index contributed by atoms with van der Waals surface area (Å²) >= 11 is 26.1. The fourth-order valence-electron chi connectivity index (χ4n) is 1.89. The van der Waals surface area contributed by atoms with Crippen molar-refractivity contribution in [2.24, 2.45) is 0 Å². The number of nitrogens with zero attached hydrogens (tertiary/aromatic N) is 2. The molecule has 0 aliphatic heterocycles. The first kappa shape index (κ1) is 17.8. The highest BCUT2D eigenvalue weighted by Gasteiger charge is 2.07. The lowest BCUT2D eigenvalue weighted by Crippen LogP contribution is -1.79. The number of anilines is 2. The van der Waals surface area contributed by atoms with Crippen LogP contribution in [0.1, 0.15) is 0 Å². The van der Waals surface area contributed by atoms with Gasteiger partial charge in [-0.05, 0) is 24.3 Å². The first-order valence-corrected chi connectivity index (χ1v) is 9.50. The van der Waals surface area contributed by atoms with Crippen molar-refractivity contribution in [3.63, 3.8) is 0 Å². The van der Waals surface area contributed by atoms with E-state index in [0.29, 0.717) is 30.4 Å². The Morgan fingerprint density at radius 2 is 1.38 bits per heavy atom. The summed E-state index contributed by atoms with van der Waals surface area (Å²) in [4.78, 5) is 8.14. The molecule has 0 saturated carbocycles. The molecule has 0 fully saturated rings. The third-order valence-electron chi connectivity index (χ3n) is 2.91. The molecule has 0 radical (unpaired) electrons. The fraction of sp³-hybridized carbons (Fsp3) is 0. The Kier molecular flexibility index (Phi) is 5.24. The van der Waals surface area contributed by atoms with E-state index in [9.17, 15) is 0 Å². The predicted octanol–water partition coefficient (Wildman–Crippen LogP) is 6.37. The van der Waals surface area contributed by atoms with Gasteiger partial charge >= 0.3 is 0 Å². The van der Waals surface area contributed by atoms with Crippen LogP contribution in [0.2, 0.25) is 20.1 Å². The SMILES string of the molecule is Nc1nc2cc(Cl)c(Cl)cc2s1.Nc1nc2ccc(Cl)c(Cl)c2s1. The Morgan fingerprint density at radius 1 is 0.750 bits per heavy atom. The molecule has 0 aliphatic carbocycles. The normalized spacial score (nSPS) is 10.8. The number of benzene rings is 2. The first-order chi connectivity index (χ1) is 11.3. The van der Waals surface area contributed by atoms with Crippen molar-refractivity contribution in [2.75, 3.05) is 11.5 Å². The second-order valence-electron chi connectivity index (χ2n) is 4.55. The number of thiazole rings is 2. The minimum Gasteiger partial charge on any atom is -0.375 e. The quantitative estimate of drug-likeness (QED) is 0.335. The van der Waals surface area contributed by atoms with Gasteiger partial charge in [0.15, 0.2) is 10.3 Å².